The fourth-order valence-corrected chi connectivity index (χ4v) is 3.49. The Morgan fingerprint density at radius 3 is 2.86 bits per heavy atom. The first kappa shape index (κ1) is 20.5. The van der Waals surface area contributed by atoms with Crippen LogP contribution in [0.1, 0.15) is 25.3 Å². The molecule has 0 radical (unpaired) electrons. The highest BCUT2D eigenvalue weighted by Crippen LogP contribution is 2.34. The van der Waals surface area contributed by atoms with E-state index < -0.39 is 4.92 Å². The van der Waals surface area contributed by atoms with Crippen LogP contribution < -0.4 is 10.2 Å². The zero-order valence-corrected chi connectivity index (χ0v) is 16.4. The van der Waals surface area contributed by atoms with Gasteiger partial charge in [0.05, 0.1) is 17.4 Å². The molecule has 1 aromatic heterocycles. The van der Waals surface area contributed by atoms with Gasteiger partial charge in [-0.1, -0.05) is 30.3 Å². The Hall–Kier alpha value is -3.23. The number of carbonyl (C=O) groups excluding carboxylic acids is 1. The minimum absolute atomic E-state index is 0.162. The minimum Gasteiger partial charge on any atom is -0.466 e. The van der Waals surface area contributed by atoms with Crippen LogP contribution in [0.2, 0.25) is 0 Å². The molecule has 29 heavy (non-hydrogen) atoms. The maximum atomic E-state index is 12.1. The van der Waals surface area contributed by atoms with Gasteiger partial charge in [0.1, 0.15) is 6.33 Å². The molecule has 9 heteroatoms. The van der Waals surface area contributed by atoms with Crippen LogP contribution in [0.4, 0.5) is 17.3 Å². The van der Waals surface area contributed by atoms with Crippen LogP contribution in [0, 0.1) is 16.0 Å². The Labute approximate surface area is 169 Å². The third kappa shape index (κ3) is 5.18. The first-order chi connectivity index (χ1) is 14.1. The molecule has 9 nitrogen and oxygen atoms in total. The maximum absolute atomic E-state index is 12.1. The van der Waals surface area contributed by atoms with Crippen molar-refractivity contribution in [2.24, 2.45) is 5.92 Å². The molecule has 0 saturated carbocycles. The average molecular weight is 399 g/mol. The molecule has 1 unspecified atom stereocenters. The molecule has 1 aliphatic rings. The first-order valence-corrected chi connectivity index (χ1v) is 9.79. The van der Waals surface area contributed by atoms with E-state index in [1.807, 2.05) is 30.3 Å². The molecule has 0 spiro atoms. The molecule has 3 rings (SSSR count). The molecular weight excluding hydrogens is 374 g/mol. The largest absolute Gasteiger partial charge is 0.466 e. The van der Waals surface area contributed by atoms with Gasteiger partial charge in [0.15, 0.2) is 0 Å². The first-order valence-electron chi connectivity index (χ1n) is 9.79. The molecule has 0 bridgehead atoms. The number of ether oxygens (including phenoxy) is 1. The molecular formula is C20H25N5O4. The van der Waals surface area contributed by atoms with Gasteiger partial charge in [-0.05, 0) is 31.7 Å². The number of nitrogens with one attached hydrogen (secondary N) is 1. The number of rotatable bonds is 8. The quantitative estimate of drug-likeness (QED) is 0.410. The van der Waals surface area contributed by atoms with Crippen molar-refractivity contribution in [3.05, 3.63) is 52.3 Å². The van der Waals surface area contributed by atoms with Crippen LogP contribution in [0.15, 0.2) is 36.7 Å². The van der Waals surface area contributed by atoms with Gasteiger partial charge in [0, 0.05) is 19.6 Å². The standard InChI is InChI=1S/C20H25N5O4/c1-2-29-20(26)16-9-6-12-24(13-16)19-17(25(27)28)18(22-14-23-19)21-11-10-15-7-4-3-5-8-15/h3-5,7-8,14,16H,2,6,9-13H2,1H3,(H,21,22,23). The van der Waals surface area contributed by atoms with E-state index in [9.17, 15) is 14.9 Å². The van der Waals surface area contributed by atoms with E-state index in [-0.39, 0.29) is 29.2 Å². The summed E-state index contributed by atoms with van der Waals surface area (Å²) < 4.78 is 5.12. The molecule has 1 N–H and O–H groups in total. The summed E-state index contributed by atoms with van der Waals surface area (Å²) in [5.74, 6) is -0.154. The van der Waals surface area contributed by atoms with Gasteiger partial charge in [-0.15, -0.1) is 0 Å². The number of nitrogens with zero attached hydrogens (tertiary/aromatic N) is 4. The summed E-state index contributed by atoms with van der Waals surface area (Å²) in [7, 11) is 0. The predicted molar refractivity (Wildman–Crippen MR) is 109 cm³/mol. The van der Waals surface area contributed by atoms with Crippen LogP contribution in [-0.2, 0) is 16.0 Å². The SMILES string of the molecule is CCOC(=O)C1CCCN(c2ncnc(NCCc3ccccc3)c2[N+](=O)[O-])C1. The summed E-state index contributed by atoms with van der Waals surface area (Å²) >= 11 is 0. The second-order valence-electron chi connectivity index (χ2n) is 6.85. The maximum Gasteiger partial charge on any atom is 0.353 e. The highest BCUT2D eigenvalue weighted by Gasteiger charge is 2.33. The number of esters is 1. The Kier molecular flexibility index (Phi) is 6.94. The van der Waals surface area contributed by atoms with E-state index in [1.54, 1.807) is 11.8 Å². The Morgan fingerprint density at radius 1 is 1.34 bits per heavy atom. The van der Waals surface area contributed by atoms with Crippen molar-refractivity contribution < 1.29 is 14.5 Å². The Bertz CT molecular complexity index is 846. The number of benzene rings is 1. The van der Waals surface area contributed by atoms with E-state index in [0.29, 0.717) is 39.1 Å². The van der Waals surface area contributed by atoms with E-state index in [4.69, 9.17) is 4.74 Å². The van der Waals surface area contributed by atoms with Crippen molar-refractivity contribution in [3.63, 3.8) is 0 Å². The molecule has 1 atom stereocenters. The highest BCUT2D eigenvalue weighted by molar-refractivity contribution is 5.75. The number of hydrogen-bond donors (Lipinski definition) is 1. The molecule has 1 aromatic carbocycles. The van der Waals surface area contributed by atoms with Gasteiger partial charge < -0.3 is 15.0 Å². The fourth-order valence-electron chi connectivity index (χ4n) is 3.49. The van der Waals surface area contributed by atoms with Crippen molar-refractivity contribution >= 4 is 23.3 Å². The lowest BCUT2D eigenvalue weighted by atomic mass is 9.98. The summed E-state index contributed by atoms with van der Waals surface area (Å²) in [6, 6.07) is 9.87. The van der Waals surface area contributed by atoms with E-state index in [2.05, 4.69) is 15.3 Å². The van der Waals surface area contributed by atoms with Gasteiger partial charge in [0.2, 0.25) is 11.6 Å². The van der Waals surface area contributed by atoms with Crippen LogP contribution >= 0.6 is 0 Å². The fraction of sp³-hybridized carbons (Fsp3) is 0.450. The second-order valence-corrected chi connectivity index (χ2v) is 6.85. The van der Waals surface area contributed by atoms with E-state index >= 15 is 0 Å². The lowest BCUT2D eigenvalue weighted by Crippen LogP contribution is -2.40. The molecule has 2 aromatic rings. The van der Waals surface area contributed by atoms with Crippen molar-refractivity contribution in [2.45, 2.75) is 26.2 Å². The third-order valence-electron chi connectivity index (χ3n) is 4.88. The van der Waals surface area contributed by atoms with Gasteiger partial charge in [-0.25, -0.2) is 9.97 Å². The van der Waals surface area contributed by atoms with E-state index in [0.717, 1.165) is 12.0 Å². The van der Waals surface area contributed by atoms with Crippen molar-refractivity contribution in [2.75, 3.05) is 36.5 Å². The number of nitro groups is 1. The van der Waals surface area contributed by atoms with Crippen LogP contribution in [0.3, 0.4) is 0 Å². The van der Waals surface area contributed by atoms with Gasteiger partial charge in [-0.2, -0.15) is 0 Å². The zero-order valence-electron chi connectivity index (χ0n) is 16.4. The lowest BCUT2D eigenvalue weighted by Gasteiger charge is -2.32. The van der Waals surface area contributed by atoms with Crippen molar-refractivity contribution in [1.29, 1.82) is 0 Å². The normalized spacial score (nSPS) is 16.3. The molecule has 1 saturated heterocycles. The van der Waals surface area contributed by atoms with E-state index in [1.165, 1.54) is 6.33 Å². The zero-order chi connectivity index (χ0) is 20.6. The molecule has 1 aliphatic heterocycles. The number of hydrogen-bond acceptors (Lipinski definition) is 8. The number of piperidine rings is 1. The van der Waals surface area contributed by atoms with Crippen LogP contribution in [0.5, 0.6) is 0 Å². The van der Waals surface area contributed by atoms with Crippen molar-refractivity contribution in [1.82, 2.24) is 9.97 Å². The third-order valence-corrected chi connectivity index (χ3v) is 4.88. The van der Waals surface area contributed by atoms with Crippen LogP contribution in [-0.4, -0.2) is 47.1 Å². The number of carbonyl (C=O) groups is 1. The Balaban J connectivity index is 1.75. The van der Waals surface area contributed by atoms with Gasteiger partial charge in [-0.3, -0.25) is 14.9 Å². The van der Waals surface area contributed by atoms with Crippen LogP contribution in [0.25, 0.3) is 0 Å². The summed E-state index contributed by atoms with van der Waals surface area (Å²) in [4.78, 5) is 33.5. The molecule has 1 fully saturated rings. The van der Waals surface area contributed by atoms with Gasteiger partial charge >= 0.3 is 11.7 Å². The summed E-state index contributed by atoms with van der Waals surface area (Å²) in [5, 5.41) is 14.9. The number of anilines is 2. The molecule has 154 valence electrons. The predicted octanol–water partition coefficient (Wildman–Crippen LogP) is 2.82. The average Bonchev–Trinajstić information content (AvgIpc) is 2.74. The topological polar surface area (TPSA) is 110 Å². The number of aromatic nitrogens is 2. The summed E-state index contributed by atoms with van der Waals surface area (Å²) in [6.45, 7) is 3.53. The summed E-state index contributed by atoms with van der Waals surface area (Å²) in [6.07, 6.45) is 3.48. The highest BCUT2D eigenvalue weighted by atomic mass is 16.6. The molecule has 2 heterocycles. The minimum atomic E-state index is -0.464. The monoisotopic (exact) mass is 399 g/mol. The molecule has 0 amide bonds. The van der Waals surface area contributed by atoms with Gasteiger partial charge in [0.25, 0.3) is 0 Å². The lowest BCUT2D eigenvalue weighted by molar-refractivity contribution is -0.383. The summed E-state index contributed by atoms with van der Waals surface area (Å²) in [5.41, 5.74) is 0.968. The Morgan fingerprint density at radius 2 is 2.14 bits per heavy atom. The smallest absolute Gasteiger partial charge is 0.353 e. The second kappa shape index (κ2) is 9.81. The van der Waals surface area contributed by atoms with Crippen molar-refractivity contribution in [3.8, 4) is 0 Å². The molecule has 0 aliphatic carbocycles.